The molecule has 0 unspecified atom stereocenters. The van der Waals surface area contributed by atoms with Crippen LogP contribution in [0.1, 0.15) is 32.8 Å². The van der Waals surface area contributed by atoms with Gasteiger partial charge in [0.15, 0.2) is 0 Å². The maximum atomic E-state index is 13.5. The Hall–Kier alpha value is -3.14. The van der Waals surface area contributed by atoms with E-state index in [1.807, 2.05) is 13.8 Å². The number of amides is 2. The lowest BCUT2D eigenvalue weighted by molar-refractivity contribution is -0.139. The average Bonchev–Trinajstić information content (AvgIpc) is 2.80. The molecule has 2 aromatic carbocycles. The summed E-state index contributed by atoms with van der Waals surface area (Å²) < 4.78 is 44.9. The van der Waals surface area contributed by atoms with Crippen LogP contribution >= 0.6 is 0 Å². The van der Waals surface area contributed by atoms with Gasteiger partial charge in [0, 0.05) is 12.6 Å². The highest BCUT2D eigenvalue weighted by molar-refractivity contribution is 7.92. The summed E-state index contributed by atoms with van der Waals surface area (Å²) in [6.07, 6.45) is 1.70. The van der Waals surface area contributed by atoms with Gasteiger partial charge in [0.2, 0.25) is 21.8 Å². The maximum Gasteiger partial charge on any atom is 0.244 e. The van der Waals surface area contributed by atoms with Gasteiger partial charge in [-0.05, 0) is 50.1 Å². The smallest absolute Gasteiger partial charge is 0.244 e. The molecule has 186 valence electrons. The summed E-state index contributed by atoms with van der Waals surface area (Å²) in [7, 11) is -2.46. The standard InChI is InChI=1S/C24H32FN3O5S/c1-6-17(2)26-24(30)18(3)27(15-19-11-13-20(25)14-12-19)23(29)16-28(34(5,31)32)21-9-7-8-10-22(21)33-4/h7-14,17-18H,6,15-16H2,1-5H3,(H,26,30)/t17-,18-/m1/s1. The first-order valence-electron chi connectivity index (χ1n) is 10.9. The average molecular weight is 494 g/mol. The highest BCUT2D eigenvalue weighted by Gasteiger charge is 2.31. The number of para-hydroxylation sites is 2. The van der Waals surface area contributed by atoms with Crippen LogP contribution in [0.25, 0.3) is 0 Å². The molecule has 0 bridgehead atoms. The third-order valence-electron chi connectivity index (χ3n) is 5.47. The molecule has 1 N–H and O–H groups in total. The summed E-state index contributed by atoms with van der Waals surface area (Å²) in [5, 5.41) is 2.85. The summed E-state index contributed by atoms with van der Waals surface area (Å²) in [4.78, 5) is 27.6. The molecule has 0 saturated carbocycles. The van der Waals surface area contributed by atoms with Crippen LogP contribution in [0.3, 0.4) is 0 Å². The van der Waals surface area contributed by atoms with Crippen molar-refractivity contribution in [3.05, 3.63) is 59.9 Å². The van der Waals surface area contributed by atoms with Crippen molar-refractivity contribution in [1.82, 2.24) is 10.2 Å². The van der Waals surface area contributed by atoms with Crippen LogP contribution in [-0.2, 0) is 26.2 Å². The second kappa shape index (κ2) is 11.8. The number of nitrogens with one attached hydrogen (secondary N) is 1. The van der Waals surface area contributed by atoms with Crippen molar-refractivity contribution in [3.63, 3.8) is 0 Å². The van der Waals surface area contributed by atoms with Gasteiger partial charge >= 0.3 is 0 Å². The van der Waals surface area contributed by atoms with Crippen LogP contribution in [0.4, 0.5) is 10.1 Å². The Bertz CT molecular complexity index is 1090. The van der Waals surface area contributed by atoms with Crippen LogP contribution in [0.5, 0.6) is 5.75 Å². The topological polar surface area (TPSA) is 96.0 Å². The molecule has 0 aliphatic rings. The zero-order valence-corrected chi connectivity index (χ0v) is 20.9. The molecule has 2 atom stereocenters. The van der Waals surface area contributed by atoms with E-state index in [1.54, 1.807) is 25.1 Å². The van der Waals surface area contributed by atoms with Crippen molar-refractivity contribution < 1.29 is 27.1 Å². The SMILES string of the molecule is CC[C@@H](C)NC(=O)[C@@H](C)N(Cc1ccc(F)cc1)C(=O)CN(c1ccccc1OC)S(C)(=O)=O. The molecule has 2 aromatic rings. The highest BCUT2D eigenvalue weighted by atomic mass is 32.2. The Morgan fingerprint density at radius 2 is 1.71 bits per heavy atom. The first-order valence-corrected chi connectivity index (χ1v) is 12.8. The lowest BCUT2D eigenvalue weighted by Crippen LogP contribution is -2.52. The molecule has 0 heterocycles. The van der Waals surface area contributed by atoms with Crippen molar-refractivity contribution in [2.45, 2.75) is 45.8 Å². The quantitative estimate of drug-likeness (QED) is 0.519. The predicted octanol–water partition coefficient (Wildman–Crippen LogP) is 2.93. The van der Waals surface area contributed by atoms with Crippen LogP contribution in [0, 0.1) is 5.82 Å². The number of nitrogens with zero attached hydrogens (tertiary/aromatic N) is 2. The van der Waals surface area contributed by atoms with Gasteiger partial charge < -0.3 is 15.0 Å². The molecule has 0 radical (unpaired) electrons. The summed E-state index contributed by atoms with van der Waals surface area (Å²) in [6.45, 7) is 4.81. The van der Waals surface area contributed by atoms with E-state index in [1.165, 1.54) is 42.3 Å². The van der Waals surface area contributed by atoms with Gasteiger partial charge in [-0.1, -0.05) is 31.2 Å². The number of carbonyl (C=O) groups is 2. The fourth-order valence-electron chi connectivity index (χ4n) is 3.27. The first-order chi connectivity index (χ1) is 16.0. The van der Waals surface area contributed by atoms with Gasteiger partial charge in [-0.2, -0.15) is 0 Å². The molecular weight excluding hydrogens is 461 g/mol. The third kappa shape index (κ3) is 7.18. The number of rotatable bonds is 11. The maximum absolute atomic E-state index is 13.5. The number of hydrogen-bond donors (Lipinski definition) is 1. The molecule has 0 aromatic heterocycles. The number of halogens is 1. The van der Waals surface area contributed by atoms with Crippen LogP contribution < -0.4 is 14.4 Å². The Morgan fingerprint density at radius 3 is 2.26 bits per heavy atom. The van der Waals surface area contributed by atoms with Crippen molar-refractivity contribution in [3.8, 4) is 5.75 Å². The van der Waals surface area contributed by atoms with Crippen molar-refractivity contribution in [2.24, 2.45) is 0 Å². The summed E-state index contributed by atoms with van der Waals surface area (Å²) in [5.41, 5.74) is 0.806. The summed E-state index contributed by atoms with van der Waals surface area (Å²) in [6, 6.07) is 11.0. The molecule has 0 saturated heterocycles. The van der Waals surface area contributed by atoms with Crippen molar-refractivity contribution >= 4 is 27.5 Å². The Kier molecular flexibility index (Phi) is 9.43. The molecule has 0 aliphatic carbocycles. The minimum atomic E-state index is -3.87. The zero-order valence-electron chi connectivity index (χ0n) is 20.1. The Labute approximate surface area is 200 Å². The lowest BCUT2D eigenvalue weighted by atomic mass is 10.1. The Balaban J connectivity index is 2.41. The van der Waals surface area contributed by atoms with E-state index in [0.29, 0.717) is 12.0 Å². The molecule has 0 fully saturated rings. The second-order valence-corrected chi connectivity index (χ2v) is 9.99. The van der Waals surface area contributed by atoms with Gasteiger partial charge in [-0.25, -0.2) is 12.8 Å². The summed E-state index contributed by atoms with van der Waals surface area (Å²) >= 11 is 0. The molecule has 10 heteroatoms. The van der Waals surface area contributed by atoms with Crippen LogP contribution in [0.15, 0.2) is 48.5 Å². The van der Waals surface area contributed by atoms with Gasteiger partial charge in [0.1, 0.15) is 24.2 Å². The Morgan fingerprint density at radius 1 is 1.09 bits per heavy atom. The number of sulfonamides is 1. The molecule has 2 amide bonds. The van der Waals surface area contributed by atoms with Gasteiger partial charge in [-0.3, -0.25) is 13.9 Å². The first kappa shape index (κ1) is 27.1. The molecule has 34 heavy (non-hydrogen) atoms. The van der Waals surface area contributed by atoms with E-state index >= 15 is 0 Å². The normalized spacial score (nSPS) is 13.0. The molecule has 0 spiro atoms. The van der Waals surface area contributed by atoms with Crippen molar-refractivity contribution in [2.75, 3.05) is 24.2 Å². The minimum absolute atomic E-state index is 0.00225. The predicted molar refractivity (Wildman–Crippen MR) is 129 cm³/mol. The fraction of sp³-hybridized carbons (Fsp3) is 0.417. The van der Waals surface area contributed by atoms with Crippen LogP contribution in [-0.4, -0.2) is 57.1 Å². The third-order valence-corrected chi connectivity index (χ3v) is 6.59. The number of benzene rings is 2. The second-order valence-electron chi connectivity index (χ2n) is 8.08. The number of methoxy groups -OCH3 is 1. The number of anilines is 1. The molecule has 0 aliphatic heterocycles. The summed E-state index contributed by atoms with van der Waals surface area (Å²) in [5.74, 6) is -1.10. The lowest BCUT2D eigenvalue weighted by Gasteiger charge is -2.32. The van der Waals surface area contributed by atoms with Gasteiger partial charge in [0.25, 0.3) is 0 Å². The van der Waals surface area contributed by atoms with E-state index in [2.05, 4.69) is 5.32 Å². The van der Waals surface area contributed by atoms with Gasteiger partial charge in [0.05, 0.1) is 19.1 Å². The zero-order chi connectivity index (χ0) is 25.5. The van der Waals surface area contributed by atoms with Crippen LogP contribution in [0.2, 0.25) is 0 Å². The number of hydrogen-bond acceptors (Lipinski definition) is 5. The van der Waals surface area contributed by atoms with E-state index in [-0.39, 0.29) is 29.9 Å². The molecule has 2 rings (SSSR count). The number of carbonyl (C=O) groups excluding carboxylic acids is 2. The van der Waals surface area contributed by atoms with E-state index in [0.717, 1.165) is 10.6 Å². The number of ether oxygens (including phenoxy) is 1. The largest absolute Gasteiger partial charge is 0.495 e. The van der Waals surface area contributed by atoms with Gasteiger partial charge in [-0.15, -0.1) is 0 Å². The monoisotopic (exact) mass is 493 g/mol. The molecular formula is C24H32FN3O5S. The van der Waals surface area contributed by atoms with E-state index in [9.17, 15) is 22.4 Å². The highest BCUT2D eigenvalue weighted by Crippen LogP contribution is 2.29. The molecule has 8 nitrogen and oxygen atoms in total. The van der Waals surface area contributed by atoms with E-state index < -0.39 is 34.3 Å². The minimum Gasteiger partial charge on any atom is -0.495 e. The fourth-order valence-corrected chi connectivity index (χ4v) is 4.12. The van der Waals surface area contributed by atoms with E-state index in [4.69, 9.17) is 4.74 Å². The van der Waals surface area contributed by atoms with Crippen molar-refractivity contribution in [1.29, 1.82) is 0 Å².